The van der Waals surface area contributed by atoms with Gasteiger partial charge in [0.05, 0.1) is 11.9 Å². The van der Waals surface area contributed by atoms with Gasteiger partial charge >= 0.3 is 5.76 Å². The highest BCUT2D eigenvalue weighted by Crippen LogP contribution is 2.15. The van der Waals surface area contributed by atoms with Crippen molar-refractivity contribution in [2.45, 2.75) is 13.0 Å². The van der Waals surface area contributed by atoms with Crippen molar-refractivity contribution in [3.05, 3.63) is 69.2 Å². The van der Waals surface area contributed by atoms with E-state index >= 15 is 0 Å². The second kappa shape index (κ2) is 6.30. The Morgan fingerprint density at radius 2 is 1.87 bits per heavy atom. The molecule has 0 aliphatic rings. The van der Waals surface area contributed by atoms with Crippen LogP contribution >= 0.6 is 11.6 Å². The average molecular weight is 331 g/mol. The third kappa shape index (κ3) is 3.46. The van der Waals surface area contributed by atoms with E-state index in [9.17, 15) is 9.59 Å². The number of hydrogen-bond donors (Lipinski definition) is 1. The number of carbonyl (C=O) groups is 1. The summed E-state index contributed by atoms with van der Waals surface area (Å²) in [6.45, 7) is 0.447. The van der Waals surface area contributed by atoms with Gasteiger partial charge in [-0.3, -0.25) is 9.36 Å². The first-order valence-electron chi connectivity index (χ1n) is 7.12. The molecular formula is C17H15ClN2O3. The van der Waals surface area contributed by atoms with Gasteiger partial charge in [-0.2, -0.15) is 0 Å². The van der Waals surface area contributed by atoms with E-state index in [1.54, 1.807) is 37.4 Å². The lowest BCUT2D eigenvalue weighted by atomic mass is 10.1. The van der Waals surface area contributed by atoms with Crippen LogP contribution in [0.1, 0.15) is 11.1 Å². The summed E-state index contributed by atoms with van der Waals surface area (Å²) in [6, 6.07) is 12.6. The van der Waals surface area contributed by atoms with E-state index in [0.29, 0.717) is 22.7 Å². The van der Waals surface area contributed by atoms with E-state index in [0.717, 1.165) is 11.1 Å². The quantitative estimate of drug-likeness (QED) is 0.800. The highest BCUT2D eigenvalue weighted by Gasteiger charge is 2.09. The molecule has 2 aromatic carbocycles. The minimum atomic E-state index is -0.413. The smallest absolute Gasteiger partial charge is 0.408 e. The van der Waals surface area contributed by atoms with Crippen LogP contribution in [0, 0.1) is 0 Å². The monoisotopic (exact) mass is 330 g/mol. The maximum absolute atomic E-state index is 12.0. The van der Waals surface area contributed by atoms with Gasteiger partial charge in [-0.25, -0.2) is 4.79 Å². The number of aromatic nitrogens is 1. The van der Waals surface area contributed by atoms with Gasteiger partial charge in [-0.1, -0.05) is 29.8 Å². The SMILES string of the molecule is Cn1c(=O)oc2ccc(CC(=O)NCc3ccc(Cl)cc3)cc21. The lowest BCUT2D eigenvalue weighted by Gasteiger charge is -2.06. The second-order valence-electron chi connectivity index (χ2n) is 5.31. The number of oxazole rings is 1. The molecule has 0 aliphatic heterocycles. The number of hydrogen-bond acceptors (Lipinski definition) is 3. The molecule has 23 heavy (non-hydrogen) atoms. The highest BCUT2D eigenvalue weighted by molar-refractivity contribution is 6.30. The second-order valence-corrected chi connectivity index (χ2v) is 5.75. The Balaban J connectivity index is 1.66. The molecule has 118 valence electrons. The number of fused-ring (bicyclic) bond motifs is 1. The summed E-state index contributed by atoms with van der Waals surface area (Å²) in [5.74, 6) is -0.503. The lowest BCUT2D eigenvalue weighted by molar-refractivity contribution is -0.120. The number of aryl methyl sites for hydroxylation is 1. The molecule has 1 N–H and O–H groups in total. The summed E-state index contributed by atoms with van der Waals surface area (Å²) in [6.07, 6.45) is 0.239. The minimum Gasteiger partial charge on any atom is -0.408 e. The molecule has 0 saturated carbocycles. The summed E-state index contributed by atoms with van der Waals surface area (Å²) in [7, 11) is 1.64. The Bertz CT molecular complexity index is 910. The van der Waals surface area contributed by atoms with Crippen LogP contribution in [-0.4, -0.2) is 10.5 Å². The largest absolute Gasteiger partial charge is 0.419 e. The Morgan fingerprint density at radius 3 is 2.61 bits per heavy atom. The molecule has 0 spiro atoms. The van der Waals surface area contributed by atoms with Gasteiger partial charge in [-0.15, -0.1) is 0 Å². The first-order valence-corrected chi connectivity index (χ1v) is 7.50. The predicted molar refractivity (Wildman–Crippen MR) is 88.5 cm³/mol. The van der Waals surface area contributed by atoms with E-state index in [2.05, 4.69) is 5.32 Å². The van der Waals surface area contributed by atoms with Crippen molar-refractivity contribution < 1.29 is 9.21 Å². The van der Waals surface area contributed by atoms with E-state index in [4.69, 9.17) is 16.0 Å². The first kappa shape index (κ1) is 15.4. The first-order chi connectivity index (χ1) is 11.0. The molecule has 6 heteroatoms. The summed E-state index contributed by atoms with van der Waals surface area (Å²) in [4.78, 5) is 23.5. The van der Waals surface area contributed by atoms with Crippen LogP contribution in [0.2, 0.25) is 5.02 Å². The summed E-state index contributed by atoms with van der Waals surface area (Å²) in [5.41, 5.74) is 3.00. The average Bonchev–Trinajstić information content (AvgIpc) is 2.82. The molecule has 5 nitrogen and oxygen atoms in total. The van der Waals surface area contributed by atoms with Crippen LogP contribution in [0.5, 0.6) is 0 Å². The number of amides is 1. The number of nitrogens with zero attached hydrogens (tertiary/aromatic N) is 1. The Kier molecular flexibility index (Phi) is 4.21. The predicted octanol–water partition coefficient (Wildman–Crippen LogP) is 2.64. The van der Waals surface area contributed by atoms with Gasteiger partial charge in [-0.05, 0) is 35.4 Å². The van der Waals surface area contributed by atoms with Crippen LogP contribution in [0.25, 0.3) is 11.1 Å². The van der Waals surface area contributed by atoms with Crippen LogP contribution in [-0.2, 0) is 24.8 Å². The van der Waals surface area contributed by atoms with Gasteiger partial charge in [0.1, 0.15) is 0 Å². The van der Waals surface area contributed by atoms with Crippen molar-refractivity contribution in [3.63, 3.8) is 0 Å². The molecular weight excluding hydrogens is 316 g/mol. The molecule has 1 heterocycles. The maximum atomic E-state index is 12.0. The molecule has 0 unspecified atom stereocenters. The third-order valence-electron chi connectivity index (χ3n) is 3.62. The molecule has 0 saturated heterocycles. The topological polar surface area (TPSA) is 64.2 Å². The van der Waals surface area contributed by atoms with Crippen molar-refractivity contribution >= 4 is 28.6 Å². The standard InChI is InChI=1S/C17H15ClN2O3/c1-20-14-8-12(4-7-15(14)23-17(20)22)9-16(21)19-10-11-2-5-13(18)6-3-11/h2-8H,9-10H2,1H3,(H,19,21). The molecule has 1 aromatic heterocycles. The van der Waals surface area contributed by atoms with Crippen molar-refractivity contribution in [2.24, 2.45) is 7.05 Å². The van der Waals surface area contributed by atoms with Gasteiger partial charge in [0.2, 0.25) is 5.91 Å². The number of halogens is 1. The van der Waals surface area contributed by atoms with Gasteiger partial charge in [0.25, 0.3) is 0 Å². The number of benzene rings is 2. The van der Waals surface area contributed by atoms with Crippen LogP contribution in [0.3, 0.4) is 0 Å². The van der Waals surface area contributed by atoms with Crippen LogP contribution in [0.4, 0.5) is 0 Å². The molecule has 0 aliphatic carbocycles. The maximum Gasteiger partial charge on any atom is 0.419 e. The Labute approximate surface area is 137 Å². The van der Waals surface area contributed by atoms with E-state index in [1.807, 2.05) is 12.1 Å². The normalized spacial score (nSPS) is 10.9. The Morgan fingerprint density at radius 1 is 1.17 bits per heavy atom. The molecule has 3 aromatic rings. The van der Waals surface area contributed by atoms with Crippen molar-refractivity contribution in [1.29, 1.82) is 0 Å². The minimum absolute atomic E-state index is 0.0900. The zero-order valence-electron chi connectivity index (χ0n) is 12.5. The van der Waals surface area contributed by atoms with E-state index in [1.165, 1.54) is 4.57 Å². The van der Waals surface area contributed by atoms with Crippen molar-refractivity contribution in [3.8, 4) is 0 Å². The van der Waals surface area contributed by atoms with Crippen LogP contribution < -0.4 is 11.1 Å². The van der Waals surface area contributed by atoms with Crippen LogP contribution in [0.15, 0.2) is 51.7 Å². The molecule has 0 atom stereocenters. The summed E-state index contributed by atoms with van der Waals surface area (Å²) in [5, 5.41) is 3.53. The molecule has 0 bridgehead atoms. The summed E-state index contributed by atoms with van der Waals surface area (Å²) < 4.78 is 6.49. The molecule has 1 amide bonds. The summed E-state index contributed by atoms with van der Waals surface area (Å²) >= 11 is 5.82. The highest BCUT2D eigenvalue weighted by atomic mass is 35.5. The van der Waals surface area contributed by atoms with Crippen molar-refractivity contribution in [1.82, 2.24) is 9.88 Å². The number of carbonyl (C=O) groups excluding carboxylic acids is 1. The number of nitrogens with one attached hydrogen (secondary N) is 1. The zero-order valence-corrected chi connectivity index (χ0v) is 13.3. The fourth-order valence-corrected chi connectivity index (χ4v) is 2.46. The van der Waals surface area contributed by atoms with Gasteiger partial charge in [0, 0.05) is 18.6 Å². The third-order valence-corrected chi connectivity index (χ3v) is 3.88. The van der Waals surface area contributed by atoms with Crippen molar-refractivity contribution in [2.75, 3.05) is 0 Å². The molecule has 0 radical (unpaired) electrons. The van der Waals surface area contributed by atoms with Gasteiger partial charge < -0.3 is 9.73 Å². The Hall–Kier alpha value is -2.53. The van der Waals surface area contributed by atoms with E-state index < -0.39 is 5.76 Å². The molecule has 3 rings (SSSR count). The number of rotatable bonds is 4. The zero-order chi connectivity index (χ0) is 16.4. The molecule has 0 fully saturated rings. The lowest BCUT2D eigenvalue weighted by Crippen LogP contribution is -2.24. The fraction of sp³-hybridized carbons (Fsp3) is 0.176. The van der Waals surface area contributed by atoms with E-state index in [-0.39, 0.29) is 12.3 Å². The van der Waals surface area contributed by atoms with Gasteiger partial charge in [0.15, 0.2) is 5.58 Å². The fourth-order valence-electron chi connectivity index (χ4n) is 2.33.